The minimum atomic E-state index is 0.295. The molecule has 1 aliphatic carbocycles. The molecular formula is C15H19N3O2. The molecule has 20 heavy (non-hydrogen) atoms. The lowest BCUT2D eigenvalue weighted by atomic mass is 9.89. The van der Waals surface area contributed by atoms with Gasteiger partial charge < -0.3 is 15.0 Å². The van der Waals surface area contributed by atoms with Crippen molar-refractivity contribution in [3.8, 4) is 5.75 Å². The molecule has 0 bridgehead atoms. The van der Waals surface area contributed by atoms with Crippen molar-refractivity contribution in [1.29, 1.82) is 0 Å². The summed E-state index contributed by atoms with van der Waals surface area (Å²) in [5.74, 6) is 2.57. The first-order chi connectivity index (χ1) is 9.81. The molecule has 0 radical (unpaired) electrons. The van der Waals surface area contributed by atoms with Crippen LogP contribution in [0.2, 0.25) is 0 Å². The van der Waals surface area contributed by atoms with E-state index in [4.69, 9.17) is 15.0 Å². The van der Waals surface area contributed by atoms with Crippen LogP contribution in [-0.4, -0.2) is 10.1 Å². The Kier molecular flexibility index (Phi) is 3.85. The van der Waals surface area contributed by atoms with Crippen molar-refractivity contribution >= 4 is 5.69 Å². The van der Waals surface area contributed by atoms with E-state index in [0.29, 0.717) is 18.4 Å². The predicted molar refractivity (Wildman–Crippen MR) is 75.3 cm³/mol. The second-order valence-corrected chi connectivity index (χ2v) is 5.24. The molecule has 2 aromatic rings. The minimum absolute atomic E-state index is 0.295. The topological polar surface area (TPSA) is 74.2 Å². The summed E-state index contributed by atoms with van der Waals surface area (Å²) in [6.07, 6.45) is 6.17. The molecule has 106 valence electrons. The van der Waals surface area contributed by atoms with Crippen LogP contribution in [0.1, 0.15) is 49.7 Å². The summed E-state index contributed by atoms with van der Waals surface area (Å²) in [5, 5.41) is 4.08. The number of aromatic nitrogens is 2. The molecule has 0 amide bonds. The Morgan fingerprint density at radius 1 is 1.15 bits per heavy atom. The van der Waals surface area contributed by atoms with Crippen molar-refractivity contribution in [3.05, 3.63) is 36.0 Å². The Morgan fingerprint density at radius 3 is 2.65 bits per heavy atom. The van der Waals surface area contributed by atoms with Crippen LogP contribution in [0.15, 0.2) is 28.8 Å². The monoisotopic (exact) mass is 273 g/mol. The number of nitrogens with two attached hydrogens (primary N) is 1. The first kappa shape index (κ1) is 13.0. The summed E-state index contributed by atoms with van der Waals surface area (Å²) in [4.78, 5) is 4.44. The van der Waals surface area contributed by atoms with Gasteiger partial charge in [-0.05, 0) is 37.1 Å². The zero-order valence-electron chi connectivity index (χ0n) is 11.4. The van der Waals surface area contributed by atoms with E-state index >= 15 is 0 Å². The van der Waals surface area contributed by atoms with Gasteiger partial charge in [0.15, 0.2) is 12.4 Å². The summed E-state index contributed by atoms with van der Waals surface area (Å²) >= 11 is 0. The molecule has 0 unspecified atom stereocenters. The summed E-state index contributed by atoms with van der Waals surface area (Å²) in [6, 6.07) is 7.26. The molecule has 5 heteroatoms. The van der Waals surface area contributed by atoms with Crippen LogP contribution in [0, 0.1) is 0 Å². The predicted octanol–water partition coefficient (Wildman–Crippen LogP) is 3.28. The third-order valence-corrected chi connectivity index (χ3v) is 3.70. The summed E-state index contributed by atoms with van der Waals surface area (Å²) in [5.41, 5.74) is 6.34. The van der Waals surface area contributed by atoms with Crippen LogP contribution >= 0.6 is 0 Å². The van der Waals surface area contributed by atoms with Crippen molar-refractivity contribution in [2.75, 3.05) is 5.73 Å². The Labute approximate surface area is 118 Å². The molecule has 1 aromatic heterocycles. The van der Waals surface area contributed by atoms with E-state index in [1.807, 2.05) is 12.1 Å². The molecule has 3 rings (SSSR count). The highest BCUT2D eigenvalue weighted by Crippen LogP contribution is 2.30. The van der Waals surface area contributed by atoms with Crippen LogP contribution in [0.3, 0.4) is 0 Å². The normalized spacial score (nSPS) is 16.2. The maximum absolute atomic E-state index is 5.62. The molecular weight excluding hydrogens is 254 g/mol. The molecule has 5 nitrogen and oxygen atoms in total. The third kappa shape index (κ3) is 3.10. The SMILES string of the molecule is Nc1ccc(OCc2nc(C3CCCCC3)no2)cc1. The van der Waals surface area contributed by atoms with E-state index in [1.54, 1.807) is 12.1 Å². The Bertz CT molecular complexity index is 545. The maximum atomic E-state index is 5.62. The Balaban J connectivity index is 1.58. The van der Waals surface area contributed by atoms with Crippen molar-refractivity contribution in [2.45, 2.75) is 44.6 Å². The molecule has 2 N–H and O–H groups in total. The number of rotatable bonds is 4. The van der Waals surface area contributed by atoms with Gasteiger partial charge in [-0.1, -0.05) is 24.4 Å². The number of ether oxygens (including phenoxy) is 1. The quantitative estimate of drug-likeness (QED) is 0.865. The summed E-state index contributed by atoms with van der Waals surface area (Å²) in [7, 11) is 0. The van der Waals surface area contributed by atoms with Gasteiger partial charge in [-0.15, -0.1) is 0 Å². The Morgan fingerprint density at radius 2 is 1.90 bits per heavy atom. The molecule has 1 fully saturated rings. The second kappa shape index (κ2) is 5.94. The first-order valence-corrected chi connectivity index (χ1v) is 7.12. The van der Waals surface area contributed by atoms with Gasteiger partial charge in [-0.25, -0.2) is 0 Å². The van der Waals surface area contributed by atoms with Crippen LogP contribution in [0.25, 0.3) is 0 Å². The van der Waals surface area contributed by atoms with Crippen LogP contribution in [0.4, 0.5) is 5.69 Å². The molecule has 0 atom stereocenters. The highest BCUT2D eigenvalue weighted by atomic mass is 16.5. The second-order valence-electron chi connectivity index (χ2n) is 5.24. The van der Waals surface area contributed by atoms with Crippen LogP contribution in [0.5, 0.6) is 5.75 Å². The van der Waals surface area contributed by atoms with Gasteiger partial charge in [0.25, 0.3) is 5.89 Å². The van der Waals surface area contributed by atoms with Gasteiger partial charge in [0, 0.05) is 11.6 Å². The zero-order valence-corrected chi connectivity index (χ0v) is 11.4. The first-order valence-electron chi connectivity index (χ1n) is 7.12. The maximum Gasteiger partial charge on any atom is 0.264 e. The lowest BCUT2D eigenvalue weighted by Gasteiger charge is -2.17. The van der Waals surface area contributed by atoms with E-state index in [9.17, 15) is 0 Å². The summed E-state index contributed by atoms with van der Waals surface area (Å²) < 4.78 is 10.8. The lowest BCUT2D eigenvalue weighted by Crippen LogP contribution is -2.06. The number of nitrogen functional groups attached to an aromatic ring is 1. The zero-order chi connectivity index (χ0) is 13.8. The van der Waals surface area contributed by atoms with Crippen molar-refractivity contribution in [3.63, 3.8) is 0 Å². The van der Waals surface area contributed by atoms with Gasteiger partial charge >= 0.3 is 0 Å². The minimum Gasteiger partial charge on any atom is -0.484 e. The van der Waals surface area contributed by atoms with Crippen molar-refractivity contribution in [1.82, 2.24) is 10.1 Å². The third-order valence-electron chi connectivity index (χ3n) is 3.70. The van der Waals surface area contributed by atoms with Gasteiger partial charge in [-0.2, -0.15) is 4.98 Å². The number of hydrogen-bond donors (Lipinski definition) is 1. The highest BCUT2D eigenvalue weighted by Gasteiger charge is 2.20. The molecule has 0 saturated heterocycles. The highest BCUT2D eigenvalue weighted by molar-refractivity contribution is 5.41. The molecule has 1 saturated carbocycles. The van der Waals surface area contributed by atoms with Gasteiger partial charge in [0.05, 0.1) is 0 Å². The molecule has 1 heterocycles. The lowest BCUT2D eigenvalue weighted by molar-refractivity contribution is 0.242. The number of benzene rings is 1. The van der Waals surface area contributed by atoms with Gasteiger partial charge in [0.1, 0.15) is 5.75 Å². The van der Waals surface area contributed by atoms with E-state index in [2.05, 4.69) is 10.1 Å². The molecule has 1 aromatic carbocycles. The van der Waals surface area contributed by atoms with E-state index in [0.717, 1.165) is 30.1 Å². The van der Waals surface area contributed by atoms with E-state index < -0.39 is 0 Å². The van der Waals surface area contributed by atoms with Gasteiger partial charge in [-0.3, -0.25) is 0 Å². The Hall–Kier alpha value is -2.04. The van der Waals surface area contributed by atoms with E-state index in [-0.39, 0.29) is 0 Å². The van der Waals surface area contributed by atoms with Gasteiger partial charge in [0.2, 0.25) is 0 Å². The van der Waals surface area contributed by atoms with E-state index in [1.165, 1.54) is 19.3 Å². The summed E-state index contributed by atoms with van der Waals surface area (Å²) in [6.45, 7) is 0.295. The largest absolute Gasteiger partial charge is 0.484 e. The average Bonchev–Trinajstić information content (AvgIpc) is 2.97. The van der Waals surface area contributed by atoms with Crippen LogP contribution < -0.4 is 10.5 Å². The fourth-order valence-electron chi connectivity index (χ4n) is 2.56. The fourth-order valence-corrected chi connectivity index (χ4v) is 2.56. The van der Waals surface area contributed by atoms with Crippen LogP contribution in [-0.2, 0) is 6.61 Å². The number of hydrogen-bond acceptors (Lipinski definition) is 5. The number of anilines is 1. The standard InChI is InChI=1S/C15H19N3O2/c16-12-6-8-13(9-7-12)19-10-14-17-15(18-20-14)11-4-2-1-3-5-11/h6-9,11H,1-5,10,16H2. The molecule has 1 aliphatic rings. The van der Waals surface area contributed by atoms with Crippen molar-refractivity contribution in [2.24, 2.45) is 0 Å². The number of nitrogens with zero attached hydrogens (tertiary/aromatic N) is 2. The molecule has 0 spiro atoms. The molecule has 0 aliphatic heterocycles. The fraction of sp³-hybridized carbons (Fsp3) is 0.467. The smallest absolute Gasteiger partial charge is 0.264 e. The van der Waals surface area contributed by atoms with Crippen molar-refractivity contribution < 1.29 is 9.26 Å². The average molecular weight is 273 g/mol.